The van der Waals surface area contributed by atoms with Crippen LogP contribution in [-0.2, 0) is 37.3 Å². The number of carbonyl (C=O) groups is 2. The molecule has 2 aromatic heterocycles. The molecule has 55 heavy (non-hydrogen) atoms. The van der Waals surface area contributed by atoms with Gasteiger partial charge in [-0.1, -0.05) is 48.9 Å². The van der Waals surface area contributed by atoms with Crippen molar-refractivity contribution in [1.82, 2.24) is 29.9 Å². The molecular weight excluding hydrogens is 712 g/mol. The predicted molar refractivity (Wildman–Crippen MR) is 218 cm³/mol. The first-order valence-corrected chi connectivity index (χ1v) is 19.9. The number of hydrogen-bond donors (Lipinski definition) is 3. The Balaban J connectivity index is 1.27. The van der Waals surface area contributed by atoms with Crippen molar-refractivity contribution in [1.29, 1.82) is 0 Å². The third-order valence-corrected chi connectivity index (χ3v) is 11.0. The molecule has 11 nitrogen and oxygen atoms in total. The zero-order valence-electron chi connectivity index (χ0n) is 31.8. The second-order valence-electron chi connectivity index (χ2n) is 14.5. The van der Waals surface area contributed by atoms with E-state index in [2.05, 4.69) is 64.8 Å². The van der Waals surface area contributed by atoms with Crippen LogP contribution in [0.1, 0.15) is 76.2 Å². The third-order valence-electron chi connectivity index (χ3n) is 10.7. The van der Waals surface area contributed by atoms with Gasteiger partial charge in [0, 0.05) is 84.9 Å². The number of fused-ring (bicyclic) bond motifs is 1. The molecule has 0 saturated carbocycles. The van der Waals surface area contributed by atoms with Crippen molar-refractivity contribution in [3.05, 3.63) is 111 Å². The Morgan fingerprint density at radius 1 is 0.982 bits per heavy atom. The van der Waals surface area contributed by atoms with Gasteiger partial charge in [0.2, 0.25) is 5.91 Å². The van der Waals surface area contributed by atoms with Gasteiger partial charge in [-0.3, -0.25) is 14.5 Å². The molecule has 4 heterocycles. The minimum Gasteiger partial charge on any atom is -0.381 e. The summed E-state index contributed by atoms with van der Waals surface area (Å²) in [5, 5.41) is 13.6. The summed E-state index contributed by atoms with van der Waals surface area (Å²) in [4.78, 5) is 36.3. The number of aromatic nitrogens is 3. The van der Waals surface area contributed by atoms with Crippen molar-refractivity contribution in [3.8, 4) is 11.1 Å². The molecule has 0 radical (unpaired) electrons. The van der Waals surface area contributed by atoms with Crippen LogP contribution in [0.5, 0.6) is 0 Å². The lowest BCUT2D eigenvalue weighted by molar-refractivity contribution is 0.0730. The van der Waals surface area contributed by atoms with E-state index in [-0.39, 0.29) is 30.6 Å². The average Bonchev–Trinajstić information content (AvgIpc) is 3.45. The molecule has 0 atom stereocenters. The third kappa shape index (κ3) is 9.02. The molecule has 2 aliphatic heterocycles. The van der Waals surface area contributed by atoms with E-state index in [4.69, 9.17) is 27.1 Å². The number of halogens is 1. The number of nitrogens with zero attached hydrogens (tertiary/aromatic N) is 5. The van der Waals surface area contributed by atoms with Crippen LogP contribution >= 0.6 is 11.6 Å². The highest BCUT2D eigenvalue weighted by Crippen LogP contribution is 2.34. The number of nitrogens with two attached hydrogens (primary N) is 1. The number of hydrogen-bond acceptors (Lipinski definition) is 8. The summed E-state index contributed by atoms with van der Waals surface area (Å²) >= 11 is 6.91. The van der Waals surface area contributed by atoms with E-state index in [9.17, 15) is 9.59 Å². The van der Waals surface area contributed by atoms with E-state index in [1.807, 2.05) is 27.9 Å². The van der Waals surface area contributed by atoms with Crippen LogP contribution in [0.4, 0.5) is 5.69 Å². The van der Waals surface area contributed by atoms with Crippen LogP contribution in [0.15, 0.2) is 72.9 Å². The quantitative estimate of drug-likeness (QED) is 0.121. The molecule has 0 unspecified atom stereocenters. The van der Waals surface area contributed by atoms with Crippen molar-refractivity contribution < 1.29 is 14.3 Å². The van der Waals surface area contributed by atoms with E-state index in [0.29, 0.717) is 36.8 Å². The van der Waals surface area contributed by atoms with Gasteiger partial charge in [-0.2, -0.15) is 5.10 Å². The molecule has 4 N–H and O–H groups in total. The molecule has 5 aromatic rings. The van der Waals surface area contributed by atoms with Crippen molar-refractivity contribution in [2.45, 2.75) is 71.8 Å². The van der Waals surface area contributed by atoms with Crippen LogP contribution in [0.2, 0.25) is 5.02 Å². The first-order valence-electron chi connectivity index (χ1n) is 19.5. The maximum atomic E-state index is 14.7. The van der Waals surface area contributed by atoms with Gasteiger partial charge >= 0.3 is 0 Å². The maximum absolute atomic E-state index is 14.7. The fraction of sp³-hybridized carbons (Fsp3) is 0.395. The van der Waals surface area contributed by atoms with E-state index in [1.54, 1.807) is 24.3 Å². The van der Waals surface area contributed by atoms with E-state index < -0.39 is 5.91 Å². The largest absolute Gasteiger partial charge is 0.381 e. The van der Waals surface area contributed by atoms with Gasteiger partial charge in [0.05, 0.1) is 23.8 Å². The molecule has 2 aliphatic rings. The standard InChI is InChI=1S/C43H51ClN8O3/c1-3-39-37(40(48-34-14-20-55-21-15-34)36-25-47-52(4-2)42(36)49-39)28-51(43(54)33-11-6-10-32(24-33)41(45)53)27-30-12-13-38(44)35(23-30)31-9-5-8-29(22-31)26-50-18-7-16-46-17-19-50/h5-6,8-13,22-25,34,46H,3-4,7,14-21,26-28H2,1-2H3,(H2,45,53)(H,48,49). The number of pyridine rings is 1. The fourth-order valence-corrected chi connectivity index (χ4v) is 7.95. The Morgan fingerprint density at radius 2 is 1.80 bits per heavy atom. The first-order chi connectivity index (χ1) is 26.8. The smallest absolute Gasteiger partial charge is 0.254 e. The molecular formula is C43H51ClN8O3. The van der Waals surface area contributed by atoms with Crippen LogP contribution in [-0.4, -0.2) is 81.8 Å². The molecule has 2 fully saturated rings. The Labute approximate surface area is 328 Å². The lowest BCUT2D eigenvalue weighted by Crippen LogP contribution is -2.33. The lowest BCUT2D eigenvalue weighted by atomic mass is 9.99. The molecule has 2 amide bonds. The van der Waals surface area contributed by atoms with Crippen LogP contribution in [0.3, 0.4) is 0 Å². The van der Waals surface area contributed by atoms with Crippen LogP contribution in [0, 0.1) is 0 Å². The molecule has 0 bridgehead atoms. The number of nitrogens with one attached hydrogen (secondary N) is 2. The Hall–Kier alpha value is -4.81. The Kier molecular flexibility index (Phi) is 12.4. The summed E-state index contributed by atoms with van der Waals surface area (Å²) in [7, 11) is 0. The summed E-state index contributed by atoms with van der Waals surface area (Å²) in [6.07, 6.45) is 5.42. The van der Waals surface area contributed by atoms with Crippen molar-refractivity contribution >= 4 is 40.1 Å². The minimum atomic E-state index is -0.586. The molecule has 0 aliphatic carbocycles. The summed E-state index contributed by atoms with van der Waals surface area (Å²) in [5.41, 5.74) is 14.0. The topological polar surface area (TPSA) is 131 Å². The number of aryl methyl sites for hydroxylation is 2. The molecule has 2 saturated heterocycles. The van der Waals surface area contributed by atoms with E-state index in [1.165, 1.54) is 5.56 Å². The zero-order valence-corrected chi connectivity index (χ0v) is 32.6. The normalized spacial score (nSPS) is 15.5. The van der Waals surface area contributed by atoms with Crippen LogP contribution < -0.4 is 16.4 Å². The van der Waals surface area contributed by atoms with Crippen molar-refractivity contribution in [2.24, 2.45) is 5.73 Å². The fourth-order valence-electron chi connectivity index (χ4n) is 7.73. The van der Waals surface area contributed by atoms with Gasteiger partial charge in [-0.15, -0.1) is 0 Å². The van der Waals surface area contributed by atoms with Gasteiger partial charge in [-0.25, -0.2) is 9.67 Å². The second-order valence-corrected chi connectivity index (χ2v) is 14.9. The van der Waals surface area contributed by atoms with Gasteiger partial charge in [0.15, 0.2) is 5.65 Å². The predicted octanol–water partition coefficient (Wildman–Crippen LogP) is 6.66. The average molecular weight is 763 g/mol. The number of amides is 2. The summed E-state index contributed by atoms with van der Waals surface area (Å²) in [6.45, 7) is 11.8. The van der Waals surface area contributed by atoms with Gasteiger partial charge in [-0.05, 0) is 98.8 Å². The summed E-state index contributed by atoms with van der Waals surface area (Å²) in [5.74, 6) is -0.811. The van der Waals surface area contributed by atoms with Gasteiger partial charge in [0.25, 0.3) is 5.91 Å². The molecule has 0 spiro atoms. The number of ether oxygens (including phenoxy) is 1. The molecule has 3 aromatic carbocycles. The highest BCUT2D eigenvalue weighted by Gasteiger charge is 2.26. The summed E-state index contributed by atoms with van der Waals surface area (Å²) in [6, 6.07) is 21.4. The molecule has 7 rings (SSSR count). The zero-order chi connectivity index (χ0) is 38.3. The number of benzene rings is 3. The monoisotopic (exact) mass is 762 g/mol. The first kappa shape index (κ1) is 38.5. The molecule has 288 valence electrons. The lowest BCUT2D eigenvalue weighted by Gasteiger charge is -2.29. The maximum Gasteiger partial charge on any atom is 0.254 e. The van der Waals surface area contributed by atoms with Gasteiger partial charge < -0.3 is 26.0 Å². The number of rotatable bonds is 13. The highest BCUT2D eigenvalue weighted by atomic mass is 35.5. The summed E-state index contributed by atoms with van der Waals surface area (Å²) < 4.78 is 7.60. The molecule has 12 heteroatoms. The van der Waals surface area contributed by atoms with Crippen molar-refractivity contribution in [3.63, 3.8) is 0 Å². The van der Waals surface area contributed by atoms with E-state index in [0.717, 1.165) is 96.7 Å². The second kappa shape index (κ2) is 17.8. The number of primary amides is 1. The SMILES string of the molecule is CCc1nc2c(cnn2CC)c(NC2CCOCC2)c1CN(Cc1ccc(Cl)c(-c2cccc(CN3CCCNCC3)c2)c1)C(=O)c1cccc(C(N)=O)c1. The Morgan fingerprint density at radius 3 is 2.60 bits per heavy atom. The number of anilines is 1. The Bertz CT molecular complexity index is 2140. The van der Waals surface area contributed by atoms with E-state index >= 15 is 0 Å². The van der Waals surface area contributed by atoms with Gasteiger partial charge in [0.1, 0.15) is 0 Å². The minimum absolute atomic E-state index is 0.204. The highest BCUT2D eigenvalue weighted by molar-refractivity contribution is 6.33. The number of carbonyl (C=O) groups excluding carboxylic acids is 2. The van der Waals surface area contributed by atoms with Crippen molar-refractivity contribution in [2.75, 3.05) is 44.7 Å². The van der Waals surface area contributed by atoms with Crippen LogP contribution in [0.25, 0.3) is 22.2 Å².